The van der Waals surface area contributed by atoms with Crippen LogP contribution in [0.4, 0.5) is 24.8 Å². The second-order valence-corrected chi connectivity index (χ2v) is 11.8. The van der Waals surface area contributed by atoms with Crippen LogP contribution in [0.5, 0.6) is 0 Å². The van der Waals surface area contributed by atoms with Gasteiger partial charge in [-0.2, -0.15) is 17.5 Å². The summed E-state index contributed by atoms with van der Waals surface area (Å²) in [6, 6.07) is 4.66. The molecule has 0 atom stereocenters. The first-order valence-corrected chi connectivity index (χ1v) is 13.6. The number of sulfonamides is 1. The van der Waals surface area contributed by atoms with Gasteiger partial charge < -0.3 is 4.90 Å². The van der Waals surface area contributed by atoms with E-state index in [9.17, 15) is 31.2 Å². The third-order valence-corrected chi connectivity index (χ3v) is 9.41. The van der Waals surface area contributed by atoms with Crippen LogP contribution in [0, 0.1) is 5.41 Å². The molecule has 5 rings (SSSR count). The lowest BCUT2D eigenvalue weighted by Gasteiger charge is -2.34. The lowest BCUT2D eigenvalue weighted by molar-refractivity contribution is -0.141. The number of hydrogen-bond acceptors (Lipinski definition) is 7. The number of nitrogens with zero attached hydrogens (tertiary/aromatic N) is 5. The van der Waals surface area contributed by atoms with Gasteiger partial charge in [0.15, 0.2) is 0 Å². The normalized spacial score (nSPS) is 20.9. The standard InChI is InChI=1S/C23H23ClF3N5O4S/c24-16-13-15(3-4-17(16)32-19(33)14-22(20(32)34)6-1-2-7-22)37(35,36)31-11-9-30(10-12-31)21-28-8-5-18(29-21)23(25,26)27/h3-5,8,13H,1-2,6-7,9-12,14H2. The Hall–Kier alpha value is -2.77. The summed E-state index contributed by atoms with van der Waals surface area (Å²) in [5, 5.41) is -0.0335. The Morgan fingerprint density at radius 3 is 2.30 bits per heavy atom. The van der Waals surface area contributed by atoms with Crippen LogP contribution >= 0.6 is 11.6 Å². The third-order valence-electron chi connectivity index (χ3n) is 7.21. The van der Waals surface area contributed by atoms with Gasteiger partial charge in [-0.1, -0.05) is 24.4 Å². The molecule has 1 aliphatic carbocycles. The highest BCUT2D eigenvalue weighted by Crippen LogP contribution is 2.49. The highest BCUT2D eigenvalue weighted by molar-refractivity contribution is 7.89. The smallest absolute Gasteiger partial charge is 0.338 e. The molecule has 0 radical (unpaired) electrons. The molecule has 0 N–H and O–H groups in total. The van der Waals surface area contributed by atoms with Crippen molar-refractivity contribution >= 4 is 45.1 Å². The van der Waals surface area contributed by atoms with Crippen LogP contribution in [0.15, 0.2) is 35.4 Å². The fraction of sp³-hybridized carbons (Fsp3) is 0.478. The summed E-state index contributed by atoms with van der Waals surface area (Å²) in [5.74, 6) is -0.767. The van der Waals surface area contributed by atoms with E-state index in [4.69, 9.17) is 11.6 Å². The molecule has 37 heavy (non-hydrogen) atoms. The molecule has 3 aliphatic rings. The summed E-state index contributed by atoms with van der Waals surface area (Å²) in [5.41, 5.74) is -1.60. The molecule has 198 valence electrons. The van der Waals surface area contributed by atoms with Crippen LogP contribution in [0.2, 0.25) is 5.02 Å². The first-order valence-electron chi connectivity index (χ1n) is 11.7. The minimum Gasteiger partial charge on any atom is -0.338 e. The van der Waals surface area contributed by atoms with Crippen molar-refractivity contribution in [2.75, 3.05) is 36.0 Å². The van der Waals surface area contributed by atoms with Gasteiger partial charge in [0.05, 0.1) is 21.0 Å². The maximum absolute atomic E-state index is 13.3. The number of carbonyl (C=O) groups excluding carboxylic acids is 2. The van der Waals surface area contributed by atoms with Gasteiger partial charge in [0, 0.05) is 38.8 Å². The largest absolute Gasteiger partial charge is 0.433 e. The number of aromatic nitrogens is 2. The quantitative estimate of drug-likeness (QED) is 0.530. The Bertz CT molecular complexity index is 1360. The zero-order valence-electron chi connectivity index (χ0n) is 19.5. The minimum atomic E-state index is -4.61. The van der Waals surface area contributed by atoms with Crippen LogP contribution in [0.1, 0.15) is 37.8 Å². The Labute approximate surface area is 216 Å². The SMILES string of the molecule is O=C1CC2(CCCC2)C(=O)N1c1ccc(S(=O)(=O)N2CCN(c3nccc(C(F)(F)F)n3)CC2)cc1Cl. The molecule has 3 fully saturated rings. The number of amides is 2. The predicted molar refractivity (Wildman–Crippen MR) is 127 cm³/mol. The van der Waals surface area contributed by atoms with Crippen molar-refractivity contribution in [1.82, 2.24) is 14.3 Å². The number of carbonyl (C=O) groups is 2. The van der Waals surface area contributed by atoms with E-state index in [1.165, 1.54) is 27.4 Å². The summed E-state index contributed by atoms with van der Waals surface area (Å²) in [6.07, 6.45) is -0.415. The molecule has 3 heterocycles. The maximum Gasteiger partial charge on any atom is 0.433 e. The van der Waals surface area contributed by atoms with E-state index < -0.39 is 27.3 Å². The van der Waals surface area contributed by atoms with Gasteiger partial charge in [-0.05, 0) is 37.1 Å². The van der Waals surface area contributed by atoms with E-state index in [1.807, 2.05) is 0 Å². The number of hydrogen-bond donors (Lipinski definition) is 0. The molecule has 1 saturated carbocycles. The Morgan fingerprint density at radius 2 is 1.68 bits per heavy atom. The number of halogens is 4. The van der Waals surface area contributed by atoms with Crippen LogP contribution in [0.25, 0.3) is 0 Å². The average Bonchev–Trinajstić information content (AvgIpc) is 3.43. The Balaban J connectivity index is 1.31. The predicted octanol–water partition coefficient (Wildman–Crippen LogP) is 3.48. The molecule has 14 heteroatoms. The highest BCUT2D eigenvalue weighted by Gasteiger charge is 2.53. The van der Waals surface area contributed by atoms with E-state index in [2.05, 4.69) is 9.97 Å². The van der Waals surface area contributed by atoms with Gasteiger partial charge >= 0.3 is 6.18 Å². The zero-order chi connectivity index (χ0) is 26.6. The van der Waals surface area contributed by atoms with Crippen molar-refractivity contribution in [2.45, 2.75) is 43.2 Å². The van der Waals surface area contributed by atoms with Gasteiger partial charge in [-0.3, -0.25) is 9.59 Å². The van der Waals surface area contributed by atoms with Gasteiger partial charge in [0.1, 0.15) is 5.69 Å². The average molecular weight is 558 g/mol. The molecular formula is C23H23ClF3N5O4S. The molecular weight excluding hydrogens is 535 g/mol. The zero-order valence-corrected chi connectivity index (χ0v) is 21.1. The fourth-order valence-corrected chi connectivity index (χ4v) is 7.03. The van der Waals surface area contributed by atoms with Crippen LogP contribution in [-0.2, 0) is 25.8 Å². The van der Waals surface area contributed by atoms with Crippen LogP contribution < -0.4 is 9.80 Å². The lowest BCUT2D eigenvalue weighted by atomic mass is 9.84. The molecule has 0 unspecified atom stereocenters. The summed E-state index contributed by atoms with van der Waals surface area (Å²) >= 11 is 6.39. The second-order valence-electron chi connectivity index (χ2n) is 9.44. The number of benzene rings is 1. The Kier molecular flexibility index (Phi) is 6.44. The topological polar surface area (TPSA) is 104 Å². The van der Waals surface area contributed by atoms with Crippen molar-refractivity contribution in [2.24, 2.45) is 5.41 Å². The molecule has 9 nitrogen and oxygen atoms in total. The van der Waals surface area contributed by atoms with Gasteiger partial charge in [-0.25, -0.2) is 23.3 Å². The van der Waals surface area contributed by atoms with E-state index in [0.29, 0.717) is 12.8 Å². The van der Waals surface area contributed by atoms with E-state index >= 15 is 0 Å². The number of rotatable bonds is 4. The molecule has 2 saturated heterocycles. The third kappa shape index (κ3) is 4.57. The molecule has 1 aromatic heterocycles. The summed E-state index contributed by atoms with van der Waals surface area (Å²) in [6.45, 7) is 0.163. The summed E-state index contributed by atoms with van der Waals surface area (Å²) in [4.78, 5) is 35.7. The minimum absolute atomic E-state index is 0.00702. The number of imide groups is 1. The highest BCUT2D eigenvalue weighted by atomic mass is 35.5. The van der Waals surface area contributed by atoms with Gasteiger partial charge in [-0.15, -0.1) is 0 Å². The van der Waals surface area contributed by atoms with Crippen molar-refractivity contribution in [1.29, 1.82) is 0 Å². The van der Waals surface area contributed by atoms with Crippen molar-refractivity contribution in [3.63, 3.8) is 0 Å². The van der Waals surface area contributed by atoms with Crippen molar-refractivity contribution < 1.29 is 31.2 Å². The molecule has 1 spiro atoms. The van der Waals surface area contributed by atoms with Crippen molar-refractivity contribution in [3.05, 3.63) is 41.2 Å². The summed E-state index contributed by atoms with van der Waals surface area (Å²) < 4.78 is 66.6. The molecule has 0 bridgehead atoms. The molecule has 2 aliphatic heterocycles. The van der Waals surface area contributed by atoms with E-state index in [-0.39, 0.29) is 66.0 Å². The Morgan fingerprint density at radius 1 is 1.00 bits per heavy atom. The summed E-state index contributed by atoms with van der Waals surface area (Å²) in [7, 11) is -4.00. The first kappa shape index (κ1) is 25.9. The maximum atomic E-state index is 13.3. The second kappa shape index (κ2) is 9.21. The van der Waals surface area contributed by atoms with Crippen molar-refractivity contribution in [3.8, 4) is 0 Å². The molecule has 2 aromatic rings. The van der Waals surface area contributed by atoms with Gasteiger partial charge in [0.25, 0.3) is 0 Å². The lowest BCUT2D eigenvalue weighted by Crippen LogP contribution is -2.49. The van der Waals surface area contributed by atoms with Crippen LogP contribution in [-0.4, -0.2) is 60.7 Å². The number of piperazine rings is 1. The van der Waals surface area contributed by atoms with Crippen LogP contribution in [0.3, 0.4) is 0 Å². The van der Waals surface area contributed by atoms with E-state index in [0.717, 1.165) is 30.0 Å². The molecule has 1 aromatic carbocycles. The monoisotopic (exact) mass is 557 g/mol. The number of alkyl halides is 3. The van der Waals surface area contributed by atoms with E-state index in [1.54, 1.807) is 0 Å². The first-order chi connectivity index (χ1) is 17.4. The number of anilines is 2. The fourth-order valence-electron chi connectivity index (χ4n) is 5.25. The molecule has 2 amide bonds. The van der Waals surface area contributed by atoms with Gasteiger partial charge in [0.2, 0.25) is 27.8 Å².